The summed E-state index contributed by atoms with van der Waals surface area (Å²) < 4.78 is 1.45. The van der Waals surface area contributed by atoms with Crippen molar-refractivity contribution in [1.82, 2.24) is 9.55 Å². The second kappa shape index (κ2) is 6.37. The maximum absolute atomic E-state index is 12.7. The molecule has 146 valence electrons. The molecular formula is C21H19N5O3. The third-order valence-electron chi connectivity index (χ3n) is 5.23. The summed E-state index contributed by atoms with van der Waals surface area (Å²) in [6.45, 7) is 2.52. The fourth-order valence-corrected chi connectivity index (χ4v) is 3.86. The summed E-state index contributed by atoms with van der Waals surface area (Å²) in [5.74, 6) is 0.487. The number of fused-ring (bicyclic) bond motifs is 2. The molecule has 2 aliphatic heterocycles. The Morgan fingerprint density at radius 2 is 1.93 bits per heavy atom. The number of aryl methyl sites for hydroxylation is 1. The summed E-state index contributed by atoms with van der Waals surface area (Å²) in [7, 11) is 0. The number of para-hydroxylation sites is 1. The number of hydrogen-bond donors (Lipinski definition) is 3. The van der Waals surface area contributed by atoms with Gasteiger partial charge in [0.1, 0.15) is 0 Å². The average molecular weight is 389 g/mol. The van der Waals surface area contributed by atoms with E-state index in [1.54, 1.807) is 13.0 Å². The SMILES string of the molecule is Cc1cc(=O)n2c(n1)NC(N1CCc3ccccc31)=NC2c1ccc(O)c(O)c1. The zero-order valence-corrected chi connectivity index (χ0v) is 15.7. The molecule has 0 saturated heterocycles. The van der Waals surface area contributed by atoms with E-state index in [-0.39, 0.29) is 17.1 Å². The Morgan fingerprint density at radius 3 is 2.76 bits per heavy atom. The molecule has 1 unspecified atom stereocenters. The molecule has 2 aromatic carbocycles. The number of benzene rings is 2. The Bertz CT molecular complexity index is 1220. The van der Waals surface area contributed by atoms with E-state index in [1.807, 2.05) is 18.2 Å². The van der Waals surface area contributed by atoms with Crippen molar-refractivity contribution in [3.63, 3.8) is 0 Å². The predicted molar refractivity (Wildman–Crippen MR) is 110 cm³/mol. The molecule has 0 bridgehead atoms. The molecule has 0 radical (unpaired) electrons. The van der Waals surface area contributed by atoms with Gasteiger partial charge in [-0.2, -0.15) is 0 Å². The Balaban J connectivity index is 1.67. The van der Waals surface area contributed by atoms with Gasteiger partial charge in [-0.15, -0.1) is 0 Å². The number of hydrogen-bond acceptors (Lipinski definition) is 7. The zero-order valence-electron chi connectivity index (χ0n) is 15.7. The van der Waals surface area contributed by atoms with E-state index in [2.05, 4.69) is 21.3 Å². The fourth-order valence-electron chi connectivity index (χ4n) is 3.86. The Labute approximate surface area is 166 Å². The van der Waals surface area contributed by atoms with Crippen LogP contribution in [0, 0.1) is 6.92 Å². The quantitative estimate of drug-likeness (QED) is 0.552. The number of guanidine groups is 1. The summed E-state index contributed by atoms with van der Waals surface area (Å²) >= 11 is 0. The van der Waals surface area contributed by atoms with E-state index in [0.29, 0.717) is 23.2 Å². The normalized spacial score (nSPS) is 17.3. The van der Waals surface area contributed by atoms with Crippen LogP contribution >= 0.6 is 0 Å². The number of rotatable bonds is 1. The minimum Gasteiger partial charge on any atom is -0.504 e. The van der Waals surface area contributed by atoms with Gasteiger partial charge in [-0.05, 0) is 37.1 Å². The topological polar surface area (TPSA) is 103 Å². The molecule has 0 spiro atoms. The van der Waals surface area contributed by atoms with Crippen LogP contribution in [0.5, 0.6) is 11.5 Å². The Hall–Kier alpha value is -3.81. The molecule has 8 nitrogen and oxygen atoms in total. The zero-order chi connectivity index (χ0) is 20.1. The number of aliphatic imine (C=N–C) groups is 1. The van der Waals surface area contributed by atoms with Crippen LogP contribution in [-0.4, -0.2) is 32.3 Å². The fraction of sp³-hybridized carbons (Fsp3) is 0.190. The van der Waals surface area contributed by atoms with Gasteiger partial charge in [0, 0.05) is 29.6 Å². The molecule has 1 aromatic heterocycles. The first-order chi connectivity index (χ1) is 14.0. The summed E-state index contributed by atoms with van der Waals surface area (Å²) in [6.07, 6.45) is 0.177. The first-order valence-corrected chi connectivity index (χ1v) is 9.33. The maximum Gasteiger partial charge on any atom is 0.257 e. The van der Waals surface area contributed by atoms with Gasteiger partial charge in [0.05, 0.1) is 0 Å². The van der Waals surface area contributed by atoms with Gasteiger partial charge in [-0.1, -0.05) is 24.3 Å². The monoisotopic (exact) mass is 389 g/mol. The lowest BCUT2D eigenvalue weighted by Crippen LogP contribution is -2.43. The van der Waals surface area contributed by atoms with Crippen LogP contribution < -0.4 is 15.8 Å². The number of nitrogens with zero attached hydrogens (tertiary/aromatic N) is 4. The third-order valence-corrected chi connectivity index (χ3v) is 5.23. The van der Waals surface area contributed by atoms with Crippen LogP contribution in [0.25, 0.3) is 0 Å². The molecule has 0 amide bonds. The van der Waals surface area contributed by atoms with Crippen molar-refractivity contribution in [3.8, 4) is 11.5 Å². The standard InChI is InChI=1S/C21H19N5O3/c1-12-10-18(29)26-19(14-6-7-16(27)17(28)11-14)23-20(24-21(26)22-12)25-9-8-13-4-2-3-5-15(13)25/h2-7,10-11,19,27-28H,8-9H2,1H3,(H,22,23,24). The summed E-state index contributed by atoms with van der Waals surface area (Å²) in [5.41, 5.74) is 3.22. The largest absolute Gasteiger partial charge is 0.504 e. The molecule has 0 saturated carbocycles. The van der Waals surface area contributed by atoms with Gasteiger partial charge < -0.3 is 15.1 Å². The van der Waals surface area contributed by atoms with E-state index in [1.165, 1.54) is 28.3 Å². The number of aromatic hydroxyl groups is 2. The van der Waals surface area contributed by atoms with Crippen molar-refractivity contribution in [2.45, 2.75) is 19.5 Å². The summed E-state index contributed by atoms with van der Waals surface area (Å²) in [6, 6.07) is 14.0. The lowest BCUT2D eigenvalue weighted by molar-refractivity contribution is 0.402. The van der Waals surface area contributed by atoms with Gasteiger partial charge in [0.2, 0.25) is 11.9 Å². The third kappa shape index (κ3) is 2.80. The Morgan fingerprint density at radius 1 is 1.10 bits per heavy atom. The summed E-state index contributed by atoms with van der Waals surface area (Å²) in [4.78, 5) is 24.1. The molecule has 3 N–H and O–H groups in total. The van der Waals surface area contributed by atoms with Gasteiger partial charge in [-0.3, -0.25) is 14.7 Å². The van der Waals surface area contributed by atoms with Crippen LogP contribution in [0.3, 0.4) is 0 Å². The van der Waals surface area contributed by atoms with Gasteiger partial charge in [-0.25, -0.2) is 9.98 Å². The lowest BCUT2D eigenvalue weighted by atomic mass is 10.1. The number of anilines is 2. The van der Waals surface area contributed by atoms with Crippen molar-refractivity contribution < 1.29 is 10.2 Å². The molecule has 8 heteroatoms. The highest BCUT2D eigenvalue weighted by Crippen LogP contribution is 2.34. The second-order valence-electron chi connectivity index (χ2n) is 7.16. The highest BCUT2D eigenvalue weighted by molar-refractivity contribution is 6.06. The molecule has 1 atom stereocenters. The molecular weight excluding hydrogens is 370 g/mol. The molecule has 0 fully saturated rings. The van der Waals surface area contributed by atoms with E-state index in [9.17, 15) is 15.0 Å². The average Bonchev–Trinajstić information content (AvgIpc) is 3.13. The van der Waals surface area contributed by atoms with Crippen LogP contribution in [0.1, 0.15) is 23.0 Å². The van der Waals surface area contributed by atoms with Crippen molar-refractivity contribution >= 4 is 17.6 Å². The van der Waals surface area contributed by atoms with E-state index in [0.717, 1.165) is 18.7 Å². The molecule has 5 rings (SSSR count). The highest BCUT2D eigenvalue weighted by Gasteiger charge is 2.31. The van der Waals surface area contributed by atoms with Crippen LogP contribution in [0.2, 0.25) is 0 Å². The maximum atomic E-state index is 12.7. The first kappa shape index (κ1) is 17.3. The van der Waals surface area contributed by atoms with E-state index >= 15 is 0 Å². The van der Waals surface area contributed by atoms with E-state index in [4.69, 9.17) is 4.99 Å². The van der Waals surface area contributed by atoms with Crippen LogP contribution in [0.15, 0.2) is 58.3 Å². The second-order valence-corrected chi connectivity index (χ2v) is 7.16. The molecule has 2 aliphatic rings. The van der Waals surface area contributed by atoms with Crippen molar-refractivity contribution in [3.05, 3.63) is 75.7 Å². The lowest BCUT2D eigenvalue weighted by Gasteiger charge is -2.31. The van der Waals surface area contributed by atoms with Gasteiger partial charge in [0.15, 0.2) is 17.7 Å². The predicted octanol–water partition coefficient (Wildman–Crippen LogP) is 2.35. The smallest absolute Gasteiger partial charge is 0.257 e. The molecule has 3 aromatic rings. The number of phenols is 2. The minimum atomic E-state index is -0.721. The van der Waals surface area contributed by atoms with Crippen LogP contribution in [-0.2, 0) is 6.42 Å². The summed E-state index contributed by atoms with van der Waals surface area (Å²) in [5, 5.41) is 22.9. The van der Waals surface area contributed by atoms with E-state index < -0.39 is 6.17 Å². The molecule has 29 heavy (non-hydrogen) atoms. The highest BCUT2D eigenvalue weighted by atomic mass is 16.3. The molecule has 0 aliphatic carbocycles. The van der Waals surface area contributed by atoms with Crippen molar-refractivity contribution in [2.75, 3.05) is 16.8 Å². The number of nitrogens with one attached hydrogen (secondary N) is 1. The van der Waals surface area contributed by atoms with Gasteiger partial charge >= 0.3 is 0 Å². The van der Waals surface area contributed by atoms with Gasteiger partial charge in [0.25, 0.3) is 5.56 Å². The molecule has 3 heterocycles. The Kier molecular flexibility index (Phi) is 3.80. The minimum absolute atomic E-state index is 0.227. The number of aromatic nitrogens is 2. The van der Waals surface area contributed by atoms with Crippen LogP contribution in [0.4, 0.5) is 11.6 Å². The first-order valence-electron chi connectivity index (χ1n) is 9.33. The van der Waals surface area contributed by atoms with Crippen molar-refractivity contribution in [1.29, 1.82) is 0 Å². The van der Waals surface area contributed by atoms with Crippen molar-refractivity contribution in [2.24, 2.45) is 4.99 Å². The number of phenolic OH excluding ortho intramolecular Hbond substituents is 2.